The fraction of sp³-hybridized carbons (Fsp3) is 1.00. The van der Waals surface area contributed by atoms with Crippen molar-refractivity contribution in [3.63, 3.8) is 0 Å². The highest BCUT2D eigenvalue weighted by atomic mass is 31.1. The Bertz CT molecular complexity index is 75.5. The van der Waals surface area contributed by atoms with Crippen LogP contribution < -0.4 is 5.50 Å². The topological polar surface area (TPSA) is 26.0 Å². The maximum Gasteiger partial charge on any atom is -0.0132 e. The molecule has 56 valence electrons. The van der Waals surface area contributed by atoms with E-state index in [0.717, 1.165) is 0 Å². The Balaban J connectivity index is 3.47. The van der Waals surface area contributed by atoms with E-state index < -0.39 is 0 Å². The van der Waals surface area contributed by atoms with Crippen LogP contribution in [-0.2, 0) is 0 Å². The van der Waals surface area contributed by atoms with Gasteiger partial charge in [0.05, 0.1) is 0 Å². The first-order valence-corrected chi connectivity index (χ1v) is 4.57. The molecule has 2 heteroatoms. The van der Waals surface area contributed by atoms with Crippen LogP contribution in [0.4, 0.5) is 0 Å². The molecule has 0 rings (SSSR count). The molecule has 0 aliphatic carbocycles. The fourth-order valence-corrected chi connectivity index (χ4v) is 1.71. The van der Waals surface area contributed by atoms with Gasteiger partial charge in [-0.2, -0.15) is 0 Å². The van der Waals surface area contributed by atoms with Crippen molar-refractivity contribution in [2.75, 3.05) is 0 Å². The van der Waals surface area contributed by atoms with Crippen LogP contribution >= 0.6 is 8.73 Å². The molecule has 9 heavy (non-hydrogen) atoms. The quantitative estimate of drug-likeness (QED) is 0.596. The molecule has 2 unspecified atom stereocenters. The van der Waals surface area contributed by atoms with Gasteiger partial charge in [-0.25, -0.2) is 0 Å². The monoisotopic (exact) mass is 147 g/mol. The Labute approximate surface area is 60.2 Å². The van der Waals surface area contributed by atoms with Gasteiger partial charge in [0.1, 0.15) is 0 Å². The van der Waals surface area contributed by atoms with Crippen LogP contribution in [0.3, 0.4) is 0 Å². The predicted octanol–water partition coefficient (Wildman–Crippen LogP) is 2.36. The molecule has 2 N–H and O–H groups in total. The lowest BCUT2D eigenvalue weighted by molar-refractivity contribution is 0.377. The number of hydrogen-bond donors (Lipinski definition) is 1. The molecular weight excluding hydrogens is 129 g/mol. The molecule has 0 heterocycles. The van der Waals surface area contributed by atoms with Crippen molar-refractivity contribution in [3.8, 4) is 0 Å². The zero-order valence-corrected chi connectivity index (χ0v) is 7.86. The molecule has 0 aliphatic heterocycles. The molecule has 0 radical (unpaired) electrons. The van der Waals surface area contributed by atoms with Gasteiger partial charge in [-0.3, -0.25) is 0 Å². The van der Waals surface area contributed by atoms with Crippen LogP contribution in [0.25, 0.3) is 0 Å². The largest absolute Gasteiger partial charge is 0.312 e. The molecule has 0 bridgehead atoms. The summed E-state index contributed by atoms with van der Waals surface area (Å²) in [5.41, 5.74) is 6.66. The lowest BCUT2D eigenvalue weighted by atomic mass is 9.91. The van der Waals surface area contributed by atoms with E-state index in [4.69, 9.17) is 5.50 Å². The smallest absolute Gasteiger partial charge is 0.0132 e. The second kappa shape index (κ2) is 3.53. The summed E-state index contributed by atoms with van der Waals surface area (Å²) in [6.45, 7) is 8.97. The summed E-state index contributed by atoms with van der Waals surface area (Å²) in [7, 11) is 0.605. The van der Waals surface area contributed by atoms with Crippen molar-refractivity contribution in [3.05, 3.63) is 0 Å². The minimum Gasteiger partial charge on any atom is -0.312 e. The summed E-state index contributed by atoms with van der Waals surface area (Å²) in [5, 5.41) is 0. The van der Waals surface area contributed by atoms with E-state index in [9.17, 15) is 0 Å². The first-order valence-electron chi connectivity index (χ1n) is 3.42. The average molecular weight is 147 g/mol. The van der Waals surface area contributed by atoms with Crippen LogP contribution in [0.15, 0.2) is 0 Å². The second-order valence-corrected chi connectivity index (χ2v) is 5.15. The Kier molecular flexibility index (Phi) is 3.68. The third kappa shape index (κ3) is 6.27. The van der Waals surface area contributed by atoms with Crippen molar-refractivity contribution in [1.29, 1.82) is 0 Å². The van der Waals surface area contributed by atoms with Crippen molar-refractivity contribution >= 4 is 8.73 Å². The van der Waals surface area contributed by atoms with Crippen LogP contribution in [0.2, 0.25) is 0 Å². The minimum absolute atomic E-state index is 0.450. The molecule has 1 nitrogen and oxygen atoms in total. The maximum absolute atomic E-state index is 5.51. The highest BCUT2D eigenvalue weighted by molar-refractivity contribution is 7.35. The van der Waals surface area contributed by atoms with Gasteiger partial charge in [0.2, 0.25) is 0 Å². The standard InChI is InChI=1S/C7H18NP/c1-6(9-8)5-7(2,3)4/h6,9H,5,8H2,1-4H3. The number of rotatable bonds is 2. The summed E-state index contributed by atoms with van der Waals surface area (Å²) in [5.74, 6) is 0. The normalized spacial score (nSPS) is 17.0. The lowest BCUT2D eigenvalue weighted by Crippen LogP contribution is -2.12. The van der Waals surface area contributed by atoms with Gasteiger partial charge >= 0.3 is 0 Å². The predicted molar refractivity (Wildman–Crippen MR) is 46.0 cm³/mol. The van der Waals surface area contributed by atoms with E-state index in [-0.39, 0.29) is 0 Å². The molecular formula is C7H18NP. The van der Waals surface area contributed by atoms with Crippen molar-refractivity contribution < 1.29 is 0 Å². The minimum atomic E-state index is 0.450. The van der Waals surface area contributed by atoms with Gasteiger partial charge in [-0.05, 0) is 17.5 Å². The van der Waals surface area contributed by atoms with E-state index in [1.807, 2.05) is 0 Å². The van der Waals surface area contributed by atoms with Gasteiger partial charge in [0.15, 0.2) is 0 Å². The molecule has 0 aliphatic rings. The van der Waals surface area contributed by atoms with Gasteiger partial charge in [0, 0.05) is 0 Å². The Hall–Kier alpha value is 0.390. The van der Waals surface area contributed by atoms with Crippen LogP contribution in [-0.4, -0.2) is 5.66 Å². The van der Waals surface area contributed by atoms with Gasteiger partial charge in [-0.1, -0.05) is 36.4 Å². The Morgan fingerprint density at radius 3 is 2.00 bits per heavy atom. The summed E-state index contributed by atoms with van der Waals surface area (Å²) >= 11 is 0. The molecule has 0 aromatic rings. The third-order valence-electron chi connectivity index (χ3n) is 1.20. The molecule has 0 saturated carbocycles. The fourth-order valence-electron chi connectivity index (χ4n) is 0.977. The van der Waals surface area contributed by atoms with E-state index in [0.29, 0.717) is 19.8 Å². The average Bonchev–Trinajstić information content (AvgIpc) is 1.62. The molecule has 0 amide bonds. The van der Waals surface area contributed by atoms with E-state index >= 15 is 0 Å². The lowest BCUT2D eigenvalue weighted by Gasteiger charge is -2.21. The Morgan fingerprint density at radius 2 is 1.89 bits per heavy atom. The van der Waals surface area contributed by atoms with Crippen molar-refractivity contribution in [2.45, 2.75) is 39.8 Å². The van der Waals surface area contributed by atoms with E-state index in [2.05, 4.69) is 27.7 Å². The first kappa shape index (κ1) is 9.39. The summed E-state index contributed by atoms with van der Waals surface area (Å²) in [6.07, 6.45) is 1.24. The maximum atomic E-state index is 5.51. The van der Waals surface area contributed by atoms with Crippen molar-refractivity contribution in [1.82, 2.24) is 0 Å². The second-order valence-electron chi connectivity index (χ2n) is 3.83. The summed E-state index contributed by atoms with van der Waals surface area (Å²) in [6, 6.07) is 0. The highest BCUT2D eigenvalue weighted by Crippen LogP contribution is 2.26. The molecule has 2 atom stereocenters. The molecule has 0 spiro atoms. The van der Waals surface area contributed by atoms with E-state index in [1.54, 1.807) is 0 Å². The third-order valence-corrected chi connectivity index (χ3v) is 1.98. The molecule has 0 fully saturated rings. The molecule has 0 aromatic carbocycles. The number of hydrogen-bond acceptors (Lipinski definition) is 1. The zero-order chi connectivity index (χ0) is 7.49. The zero-order valence-electron chi connectivity index (χ0n) is 6.86. The van der Waals surface area contributed by atoms with Gasteiger partial charge in [0.25, 0.3) is 0 Å². The summed E-state index contributed by atoms with van der Waals surface area (Å²) in [4.78, 5) is 0. The summed E-state index contributed by atoms with van der Waals surface area (Å²) < 4.78 is 0. The highest BCUT2D eigenvalue weighted by Gasteiger charge is 2.13. The van der Waals surface area contributed by atoms with Crippen LogP contribution in [0, 0.1) is 5.41 Å². The first-order chi connectivity index (χ1) is 3.95. The van der Waals surface area contributed by atoms with Gasteiger partial charge in [-0.15, -0.1) is 0 Å². The van der Waals surface area contributed by atoms with E-state index in [1.165, 1.54) is 6.42 Å². The molecule has 0 aromatic heterocycles. The van der Waals surface area contributed by atoms with Crippen molar-refractivity contribution in [2.24, 2.45) is 10.9 Å². The number of nitrogens with two attached hydrogens (primary N) is 1. The van der Waals surface area contributed by atoms with Crippen LogP contribution in [0.5, 0.6) is 0 Å². The van der Waals surface area contributed by atoms with Gasteiger partial charge < -0.3 is 5.50 Å². The SMILES string of the molecule is CC(CC(C)(C)C)PN. The Morgan fingerprint density at radius 1 is 1.44 bits per heavy atom. The molecule has 0 saturated heterocycles. The van der Waals surface area contributed by atoms with Crippen LogP contribution in [0.1, 0.15) is 34.1 Å².